The van der Waals surface area contributed by atoms with E-state index in [1.54, 1.807) is 0 Å². The highest BCUT2D eigenvalue weighted by atomic mass is 16.3. The number of amides is 1. The van der Waals surface area contributed by atoms with Gasteiger partial charge in [0.25, 0.3) is 0 Å². The van der Waals surface area contributed by atoms with Crippen LogP contribution >= 0.6 is 0 Å². The van der Waals surface area contributed by atoms with Gasteiger partial charge in [-0.25, -0.2) is 0 Å². The van der Waals surface area contributed by atoms with Gasteiger partial charge in [0.15, 0.2) is 6.33 Å². The summed E-state index contributed by atoms with van der Waals surface area (Å²) in [6.07, 6.45) is 1.32. The SMILES string of the molecule is O=C(Cn1ncnn1)N1CC2CN(Cc3ccc4ccccc4n3)CC2(CO)C1. The number of aliphatic hydroxyl groups is 1. The van der Waals surface area contributed by atoms with Crippen molar-refractivity contribution in [3.63, 3.8) is 0 Å². The predicted octanol–water partition coefficient (Wildman–Crippen LogP) is 0.174. The Bertz CT molecular complexity index is 1020. The van der Waals surface area contributed by atoms with Crippen LogP contribution in [0.25, 0.3) is 10.9 Å². The van der Waals surface area contributed by atoms with E-state index in [0.29, 0.717) is 13.1 Å². The first-order valence-electron chi connectivity index (χ1n) is 9.82. The number of nitrogens with zero attached hydrogens (tertiary/aromatic N) is 7. The molecule has 3 aromatic rings. The molecule has 0 bridgehead atoms. The van der Waals surface area contributed by atoms with Crippen molar-refractivity contribution < 1.29 is 9.90 Å². The van der Waals surface area contributed by atoms with Crippen molar-refractivity contribution in [2.24, 2.45) is 11.3 Å². The highest BCUT2D eigenvalue weighted by molar-refractivity contribution is 5.78. The van der Waals surface area contributed by atoms with Crippen LogP contribution in [0.3, 0.4) is 0 Å². The average Bonchev–Trinajstić information content (AvgIpc) is 3.43. The third-order valence-electron chi connectivity index (χ3n) is 6.21. The zero-order valence-corrected chi connectivity index (χ0v) is 16.1. The molecule has 2 aromatic heterocycles. The van der Waals surface area contributed by atoms with Gasteiger partial charge in [0.05, 0.1) is 17.8 Å². The van der Waals surface area contributed by atoms with Gasteiger partial charge in [-0.05, 0) is 23.3 Å². The van der Waals surface area contributed by atoms with E-state index in [-0.39, 0.29) is 30.4 Å². The van der Waals surface area contributed by atoms with Gasteiger partial charge in [-0.15, -0.1) is 10.2 Å². The fourth-order valence-electron chi connectivity index (χ4n) is 4.73. The molecule has 0 spiro atoms. The quantitative estimate of drug-likeness (QED) is 0.660. The third kappa shape index (κ3) is 3.36. The van der Waals surface area contributed by atoms with Gasteiger partial charge in [-0.1, -0.05) is 24.3 Å². The number of benzene rings is 1. The Kier molecular flexibility index (Phi) is 4.48. The van der Waals surface area contributed by atoms with E-state index in [4.69, 9.17) is 4.98 Å². The zero-order chi connectivity index (χ0) is 19.8. The molecule has 0 saturated carbocycles. The molecular formula is C20H23N7O2. The van der Waals surface area contributed by atoms with Crippen LogP contribution in [0.4, 0.5) is 0 Å². The number of pyridine rings is 1. The molecule has 1 N–H and O–H groups in total. The average molecular weight is 393 g/mol. The number of aliphatic hydroxyl groups excluding tert-OH is 1. The highest BCUT2D eigenvalue weighted by Gasteiger charge is 2.53. The van der Waals surface area contributed by atoms with Crippen molar-refractivity contribution in [3.05, 3.63) is 48.4 Å². The molecule has 2 saturated heterocycles. The fourth-order valence-corrected chi connectivity index (χ4v) is 4.73. The van der Waals surface area contributed by atoms with Crippen LogP contribution in [-0.2, 0) is 17.9 Å². The summed E-state index contributed by atoms with van der Waals surface area (Å²) in [5.41, 5.74) is 1.75. The summed E-state index contributed by atoms with van der Waals surface area (Å²) >= 11 is 0. The predicted molar refractivity (Wildman–Crippen MR) is 104 cm³/mol. The lowest BCUT2D eigenvalue weighted by molar-refractivity contribution is -0.132. The number of para-hydroxylation sites is 1. The molecule has 2 atom stereocenters. The van der Waals surface area contributed by atoms with Gasteiger partial charge in [0, 0.05) is 43.5 Å². The van der Waals surface area contributed by atoms with Crippen molar-refractivity contribution in [1.82, 2.24) is 35.0 Å². The Morgan fingerprint density at radius 1 is 1.17 bits per heavy atom. The summed E-state index contributed by atoms with van der Waals surface area (Å²) in [5.74, 6) is 0.216. The van der Waals surface area contributed by atoms with Crippen molar-refractivity contribution in [3.8, 4) is 0 Å². The Balaban J connectivity index is 1.26. The number of rotatable bonds is 5. The number of hydrogen-bond acceptors (Lipinski definition) is 7. The fraction of sp³-hybridized carbons (Fsp3) is 0.450. The van der Waals surface area contributed by atoms with Crippen LogP contribution in [0.5, 0.6) is 0 Å². The molecule has 1 aromatic carbocycles. The molecule has 5 rings (SSSR count). The Labute approximate surface area is 167 Å². The van der Waals surface area contributed by atoms with Gasteiger partial charge in [-0.3, -0.25) is 14.7 Å². The van der Waals surface area contributed by atoms with Crippen LogP contribution in [0, 0.1) is 11.3 Å². The number of aromatic nitrogens is 5. The van der Waals surface area contributed by atoms with Crippen molar-refractivity contribution in [1.29, 1.82) is 0 Å². The lowest BCUT2D eigenvalue weighted by Gasteiger charge is -2.27. The topological polar surface area (TPSA) is 100 Å². The molecule has 9 nitrogen and oxygen atoms in total. The molecule has 2 aliphatic rings. The van der Waals surface area contributed by atoms with Crippen molar-refractivity contribution in [2.75, 3.05) is 32.8 Å². The molecule has 9 heteroatoms. The molecule has 150 valence electrons. The minimum atomic E-state index is -0.275. The van der Waals surface area contributed by atoms with Gasteiger partial charge in [-0.2, -0.15) is 4.80 Å². The normalized spacial score (nSPS) is 24.3. The first-order valence-corrected chi connectivity index (χ1v) is 9.82. The Hall–Kier alpha value is -2.91. The van der Waals surface area contributed by atoms with Crippen LogP contribution in [0.15, 0.2) is 42.7 Å². The van der Waals surface area contributed by atoms with Gasteiger partial charge in [0.1, 0.15) is 6.54 Å². The van der Waals surface area contributed by atoms with Gasteiger partial charge < -0.3 is 10.0 Å². The summed E-state index contributed by atoms with van der Waals surface area (Å²) in [6.45, 7) is 3.72. The van der Waals surface area contributed by atoms with Crippen LogP contribution < -0.4 is 0 Å². The monoisotopic (exact) mass is 393 g/mol. The number of hydrogen-bond donors (Lipinski definition) is 1. The molecule has 1 amide bonds. The maximum absolute atomic E-state index is 12.6. The van der Waals surface area contributed by atoms with E-state index >= 15 is 0 Å². The second kappa shape index (κ2) is 7.16. The molecule has 4 heterocycles. The number of tetrazole rings is 1. The van der Waals surface area contributed by atoms with Crippen LogP contribution in [-0.4, -0.2) is 78.8 Å². The second-order valence-electron chi connectivity index (χ2n) is 8.12. The number of carbonyl (C=O) groups is 1. The van der Waals surface area contributed by atoms with Crippen molar-refractivity contribution >= 4 is 16.8 Å². The summed E-state index contributed by atoms with van der Waals surface area (Å²) < 4.78 is 0. The van der Waals surface area contributed by atoms with Crippen LogP contribution in [0.2, 0.25) is 0 Å². The first-order chi connectivity index (χ1) is 14.1. The van der Waals surface area contributed by atoms with Gasteiger partial charge in [0.2, 0.25) is 5.91 Å². The molecule has 29 heavy (non-hydrogen) atoms. The zero-order valence-electron chi connectivity index (χ0n) is 16.1. The first kappa shape index (κ1) is 18.1. The van der Waals surface area contributed by atoms with Crippen LogP contribution in [0.1, 0.15) is 5.69 Å². The maximum atomic E-state index is 12.6. The summed E-state index contributed by atoms with van der Waals surface area (Å²) in [5, 5.41) is 22.6. The van der Waals surface area contributed by atoms with Crippen molar-refractivity contribution in [2.45, 2.75) is 13.1 Å². The van der Waals surface area contributed by atoms with E-state index < -0.39 is 0 Å². The maximum Gasteiger partial charge on any atom is 0.246 e. The molecule has 2 fully saturated rings. The summed E-state index contributed by atoms with van der Waals surface area (Å²) in [4.78, 5) is 22.8. The minimum absolute atomic E-state index is 0.0343. The molecule has 0 radical (unpaired) electrons. The third-order valence-corrected chi connectivity index (χ3v) is 6.21. The lowest BCUT2D eigenvalue weighted by atomic mass is 9.82. The van der Waals surface area contributed by atoms with E-state index in [9.17, 15) is 9.90 Å². The Morgan fingerprint density at radius 2 is 2.07 bits per heavy atom. The van der Waals surface area contributed by atoms with E-state index in [1.807, 2.05) is 23.1 Å². The molecule has 2 unspecified atom stereocenters. The van der Waals surface area contributed by atoms with E-state index in [0.717, 1.165) is 36.2 Å². The van der Waals surface area contributed by atoms with Gasteiger partial charge >= 0.3 is 0 Å². The number of fused-ring (bicyclic) bond motifs is 2. The number of likely N-dealkylation sites (tertiary alicyclic amines) is 2. The lowest BCUT2D eigenvalue weighted by Crippen LogP contribution is -2.40. The highest BCUT2D eigenvalue weighted by Crippen LogP contribution is 2.42. The van der Waals surface area contributed by atoms with E-state index in [1.165, 1.54) is 11.1 Å². The molecular weight excluding hydrogens is 370 g/mol. The minimum Gasteiger partial charge on any atom is -0.396 e. The number of carbonyl (C=O) groups excluding carboxylic acids is 1. The smallest absolute Gasteiger partial charge is 0.246 e. The standard InChI is InChI=1S/C20H23N7O2/c28-13-20-11-25(9-17-6-5-15-3-1-2-4-18(15)23-17)7-16(20)8-26(12-20)19(29)10-27-22-14-21-24-27/h1-6,14,16,28H,7-13H2. The largest absolute Gasteiger partial charge is 0.396 e. The molecule has 0 aliphatic carbocycles. The summed E-state index contributed by atoms with van der Waals surface area (Å²) in [7, 11) is 0. The van der Waals surface area contributed by atoms with E-state index in [2.05, 4.69) is 38.5 Å². The molecule has 2 aliphatic heterocycles. The second-order valence-corrected chi connectivity index (χ2v) is 8.12. The Morgan fingerprint density at radius 3 is 2.86 bits per heavy atom. The summed E-state index contributed by atoms with van der Waals surface area (Å²) in [6, 6.07) is 12.3.